The number of carbonyl (C=O) groups is 2. The van der Waals surface area contributed by atoms with E-state index in [2.05, 4.69) is 4.98 Å². The molecule has 1 saturated heterocycles. The Morgan fingerprint density at radius 3 is 2.58 bits per heavy atom. The highest BCUT2D eigenvalue weighted by atomic mass is 16.6. The van der Waals surface area contributed by atoms with Gasteiger partial charge < -0.3 is 18.8 Å². The molecule has 4 aromatic rings. The van der Waals surface area contributed by atoms with Crippen molar-refractivity contribution >= 4 is 12.1 Å². The van der Waals surface area contributed by atoms with Gasteiger partial charge in [-0.2, -0.15) is 0 Å². The molecule has 5 rings (SSSR count). The Kier molecular flexibility index (Phi) is 7.86. The summed E-state index contributed by atoms with van der Waals surface area (Å²) in [7, 11) is 1.97. The number of imidazole rings is 1. The van der Waals surface area contributed by atoms with Crippen LogP contribution in [-0.2, 0) is 34.3 Å². The Hall–Kier alpha value is -4.59. The van der Waals surface area contributed by atoms with Gasteiger partial charge in [0.05, 0.1) is 37.5 Å². The first-order valence-corrected chi connectivity index (χ1v) is 13.4. The number of benzene rings is 3. The summed E-state index contributed by atoms with van der Waals surface area (Å²) in [5.74, 6) is 1.81. The molecule has 1 aliphatic heterocycles. The normalized spacial score (nSPS) is 16.6. The van der Waals surface area contributed by atoms with Crippen molar-refractivity contribution in [3.63, 3.8) is 0 Å². The molecule has 1 aliphatic rings. The van der Waals surface area contributed by atoms with E-state index in [0.29, 0.717) is 24.7 Å². The summed E-state index contributed by atoms with van der Waals surface area (Å²) < 4.78 is 19.3. The number of carbonyl (C=O) groups excluding carboxylic acids is 2. The number of aryl methyl sites for hydroxylation is 1. The maximum atomic E-state index is 13.1. The van der Waals surface area contributed by atoms with E-state index in [-0.39, 0.29) is 30.6 Å². The fraction of sp³-hybridized carbons (Fsp3) is 0.281. The fourth-order valence-electron chi connectivity index (χ4n) is 4.94. The van der Waals surface area contributed by atoms with Crippen LogP contribution >= 0.6 is 0 Å². The van der Waals surface area contributed by atoms with Crippen molar-refractivity contribution < 1.29 is 23.8 Å². The number of cyclic esters (lactones) is 1. The van der Waals surface area contributed by atoms with Crippen LogP contribution in [-0.4, -0.2) is 39.2 Å². The molecule has 0 bridgehead atoms. The quantitative estimate of drug-likeness (QED) is 0.230. The number of rotatable bonds is 9. The number of amides is 1. The highest BCUT2D eigenvalue weighted by Gasteiger charge is 2.40. The molecule has 0 radical (unpaired) electrons. The number of aromatic nitrogens is 2. The third-order valence-electron chi connectivity index (χ3n) is 7.22. The van der Waals surface area contributed by atoms with Crippen LogP contribution in [0.2, 0.25) is 0 Å². The second-order valence-electron chi connectivity index (χ2n) is 9.89. The predicted molar refractivity (Wildman–Crippen MR) is 151 cm³/mol. The van der Waals surface area contributed by atoms with Crippen molar-refractivity contribution in [2.24, 2.45) is 7.05 Å². The van der Waals surface area contributed by atoms with Gasteiger partial charge in [0.15, 0.2) is 0 Å². The highest BCUT2D eigenvalue weighted by molar-refractivity contribution is 5.73. The summed E-state index contributed by atoms with van der Waals surface area (Å²) in [5, 5.41) is 0. The van der Waals surface area contributed by atoms with Crippen molar-refractivity contribution in [1.82, 2.24) is 14.5 Å². The minimum Gasteiger partial charge on any atom is -0.466 e. The predicted octanol–water partition coefficient (Wildman–Crippen LogP) is 6.38. The largest absolute Gasteiger partial charge is 0.466 e. The lowest BCUT2D eigenvalue weighted by Gasteiger charge is -2.23. The molecule has 1 fully saturated rings. The Labute approximate surface area is 234 Å². The summed E-state index contributed by atoms with van der Waals surface area (Å²) in [4.78, 5) is 31.2. The maximum absolute atomic E-state index is 13.1. The van der Waals surface area contributed by atoms with Gasteiger partial charge in [-0.25, -0.2) is 9.78 Å². The third-order valence-corrected chi connectivity index (χ3v) is 7.22. The summed E-state index contributed by atoms with van der Waals surface area (Å²) in [6, 6.07) is 22.9. The van der Waals surface area contributed by atoms with Gasteiger partial charge in [0.1, 0.15) is 23.4 Å². The monoisotopic (exact) mass is 539 g/mol. The summed E-state index contributed by atoms with van der Waals surface area (Å²) >= 11 is 0. The molecular weight excluding hydrogens is 506 g/mol. The number of ether oxygens (including phenoxy) is 3. The molecule has 2 heterocycles. The average molecular weight is 540 g/mol. The Balaban J connectivity index is 1.46. The van der Waals surface area contributed by atoms with Crippen LogP contribution in [0.15, 0.2) is 79.0 Å². The van der Waals surface area contributed by atoms with Crippen molar-refractivity contribution in [3.05, 3.63) is 102 Å². The first-order valence-electron chi connectivity index (χ1n) is 13.4. The summed E-state index contributed by atoms with van der Waals surface area (Å²) in [6.45, 7) is 6.37. The van der Waals surface area contributed by atoms with E-state index in [1.165, 1.54) is 0 Å². The van der Waals surface area contributed by atoms with Gasteiger partial charge in [0, 0.05) is 18.2 Å². The summed E-state index contributed by atoms with van der Waals surface area (Å²) in [6.07, 6.45) is 1.27. The minimum absolute atomic E-state index is 0.161. The molecule has 40 heavy (non-hydrogen) atoms. The molecule has 0 aliphatic carbocycles. The van der Waals surface area contributed by atoms with Crippen LogP contribution in [0.25, 0.3) is 11.3 Å². The smallest absolute Gasteiger partial charge is 0.411 e. The molecule has 2 atom stereocenters. The van der Waals surface area contributed by atoms with Crippen LogP contribution in [0.3, 0.4) is 0 Å². The van der Waals surface area contributed by atoms with Crippen LogP contribution in [0.4, 0.5) is 4.79 Å². The molecule has 0 N–H and O–H groups in total. The first kappa shape index (κ1) is 27.0. The van der Waals surface area contributed by atoms with Gasteiger partial charge in [0.2, 0.25) is 0 Å². The lowest BCUT2D eigenvalue weighted by molar-refractivity contribution is -0.142. The zero-order valence-electron chi connectivity index (χ0n) is 23.2. The van der Waals surface area contributed by atoms with Gasteiger partial charge in [-0.05, 0) is 62.2 Å². The van der Waals surface area contributed by atoms with E-state index in [1.54, 1.807) is 11.8 Å². The number of nitrogens with zero attached hydrogens (tertiary/aromatic N) is 3. The number of hydrogen-bond donors (Lipinski definition) is 0. The highest BCUT2D eigenvalue weighted by Crippen LogP contribution is 2.37. The van der Waals surface area contributed by atoms with E-state index in [4.69, 9.17) is 14.2 Å². The van der Waals surface area contributed by atoms with Gasteiger partial charge in [-0.15, -0.1) is 0 Å². The van der Waals surface area contributed by atoms with E-state index in [9.17, 15) is 9.59 Å². The summed E-state index contributed by atoms with van der Waals surface area (Å²) in [5.41, 5.74) is 4.49. The zero-order chi connectivity index (χ0) is 28.2. The van der Waals surface area contributed by atoms with Crippen LogP contribution < -0.4 is 4.74 Å². The zero-order valence-corrected chi connectivity index (χ0v) is 23.2. The molecule has 0 saturated carbocycles. The van der Waals surface area contributed by atoms with E-state index in [1.807, 2.05) is 104 Å². The van der Waals surface area contributed by atoms with Crippen LogP contribution in [0.1, 0.15) is 42.5 Å². The van der Waals surface area contributed by atoms with Gasteiger partial charge in [0.25, 0.3) is 0 Å². The van der Waals surface area contributed by atoms with Crippen molar-refractivity contribution in [1.29, 1.82) is 0 Å². The Bertz CT molecular complexity index is 1510. The molecule has 3 aromatic carbocycles. The number of esters is 1. The lowest BCUT2D eigenvalue weighted by atomic mass is 10.0. The Morgan fingerprint density at radius 1 is 1.05 bits per heavy atom. The second-order valence-corrected chi connectivity index (χ2v) is 9.89. The van der Waals surface area contributed by atoms with E-state index in [0.717, 1.165) is 33.8 Å². The minimum atomic E-state index is -0.370. The lowest BCUT2D eigenvalue weighted by Crippen LogP contribution is -2.31. The number of hydrogen-bond acceptors (Lipinski definition) is 6. The van der Waals surface area contributed by atoms with Crippen LogP contribution in [0, 0.1) is 6.92 Å². The maximum Gasteiger partial charge on any atom is 0.411 e. The Morgan fingerprint density at radius 2 is 1.85 bits per heavy atom. The van der Waals surface area contributed by atoms with Crippen molar-refractivity contribution in [2.45, 2.75) is 45.9 Å². The standard InChI is InChI=1S/C32H33N3O5/c1-5-38-30(36)17-23-10-9-13-27(16-23)39-29-15-14-25(28-19-33-22(3)34(28)4)18-26(29)20-35-21(2)31(40-32(35)37)24-11-7-6-8-12-24/h6-16,18-19,21,31H,5,17,20H2,1-4H3. The van der Waals surface area contributed by atoms with Gasteiger partial charge >= 0.3 is 12.1 Å². The molecule has 8 heteroatoms. The van der Waals surface area contributed by atoms with E-state index >= 15 is 0 Å². The molecular formula is C32H33N3O5. The molecule has 1 amide bonds. The van der Waals surface area contributed by atoms with Crippen molar-refractivity contribution in [2.75, 3.05) is 6.61 Å². The van der Waals surface area contributed by atoms with Gasteiger partial charge in [-0.3, -0.25) is 9.69 Å². The molecule has 8 nitrogen and oxygen atoms in total. The first-order chi connectivity index (χ1) is 19.3. The topological polar surface area (TPSA) is 82.9 Å². The van der Waals surface area contributed by atoms with E-state index < -0.39 is 0 Å². The van der Waals surface area contributed by atoms with Gasteiger partial charge in [-0.1, -0.05) is 42.5 Å². The molecule has 0 spiro atoms. The molecule has 206 valence electrons. The fourth-order valence-corrected chi connectivity index (χ4v) is 4.94. The van der Waals surface area contributed by atoms with Crippen molar-refractivity contribution in [3.8, 4) is 22.8 Å². The molecule has 2 unspecified atom stereocenters. The third kappa shape index (κ3) is 5.71. The SMILES string of the molecule is CCOC(=O)Cc1cccc(Oc2ccc(-c3cnc(C)n3C)cc2CN2C(=O)OC(c3ccccc3)C2C)c1. The molecule has 1 aromatic heterocycles. The van der Waals surface area contributed by atoms with Crippen LogP contribution in [0.5, 0.6) is 11.5 Å². The second kappa shape index (κ2) is 11.7. The average Bonchev–Trinajstić information content (AvgIpc) is 3.43.